The molecule has 1 aromatic heterocycles. The van der Waals surface area contributed by atoms with Crippen LogP contribution >= 0.6 is 24.0 Å². The summed E-state index contributed by atoms with van der Waals surface area (Å²) in [7, 11) is 1.61. The average molecular weight is 318 g/mol. The summed E-state index contributed by atoms with van der Waals surface area (Å²) in [6.07, 6.45) is 1.65. The molecule has 0 bridgehead atoms. The van der Waals surface area contributed by atoms with Crippen molar-refractivity contribution in [1.29, 1.82) is 0 Å². The van der Waals surface area contributed by atoms with Crippen LogP contribution in [-0.2, 0) is 4.79 Å². The van der Waals surface area contributed by atoms with Crippen molar-refractivity contribution >= 4 is 40.3 Å². The molecule has 2 aromatic rings. The maximum absolute atomic E-state index is 11.6. The largest absolute Gasteiger partial charge is 0.497 e. The number of benzene rings is 1. The second-order valence-electron chi connectivity index (χ2n) is 4.20. The molecule has 3 rings (SSSR count). The van der Waals surface area contributed by atoms with Crippen LogP contribution in [0.3, 0.4) is 0 Å². The maximum atomic E-state index is 11.6. The molecule has 7 heteroatoms. The summed E-state index contributed by atoms with van der Waals surface area (Å²) in [6.45, 7) is 0. The number of rotatable bonds is 3. The molecule has 1 aromatic carbocycles. The van der Waals surface area contributed by atoms with Crippen LogP contribution in [0.15, 0.2) is 39.8 Å². The van der Waals surface area contributed by atoms with E-state index in [0.29, 0.717) is 20.7 Å². The van der Waals surface area contributed by atoms with Gasteiger partial charge < -0.3 is 14.6 Å². The molecule has 2 heterocycles. The Labute approximate surface area is 130 Å². The molecule has 1 saturated heterocycles. The normalized spacial score (nSPS) is 16.3. The standard InChI is InChI=1S/C14H10N2O3S2/c1-18-10-4-2-8(3-5-10)11-6-9(16-19-11)7-12-13(17)15-14(20)21-12/h2-7H,1H3,(H,15,17,20)/b12-7-. The number of thiocarbonyl (C=S) groups is 1. The van der Waals surface area contributed by atoms with E-state index in [1.165, 1.54) is 11.8 Å². The fourth-order valence-electron chi connectivity index (χ4n) is 1.80. The van der Waals surface area contributed by atoms with Crippen LogP contribution in [0, 0.1) is 0 Å². The molecule has 1 amide bonds. The van der Waals surface area contributed by atoms with Gasteiger partial charge in [0.2, 0.25) is 0 Å². The van der Waals surface area contributed by atoms with Crippen molar-refractivity contribution in [3.8, 4) is 17.1 Å². The molecule has 0 radical (unpaired) electrons. The Hall–Kier alpha value is -2.12. The van der Waals surface area contributed by atoms with E-state index in [1.807, 2.05) is 24.3 Å². The molecular formula is C14H10N2O3S2. The van der Waals surface area contributed by atoms with Crippen molar-refractivity contribution in [3.63, 3.8) is 0 Å². The van der Waals surface area contributed by atoms with Gasteiger partial charge in [-0.25, -0.2) is 0 Å². The Morgan fingerprint density at radius 2 is 2.14 bits per heavy atom. The summed E-state index contributed by atoms with van der Waals surface area (Å²) in [5, 5.41) is 6.49. The molecule has 0 unspecified atom stereocenters. The van der Waals surface area contributed by atoms with Gasteiger partial charge in [-0.15, -0.1) is 0 Å². The van der Waals surface area contributed by atoms with Gasteiger partial charge in [-0.3, -0.25) is 4.79 Å². The van der Waals surface area contributed by atoms with Gasteiger partial charge in [0.1, 0.15) is 15.8 Å². The van der Waals surface area contributed by atoms with E-state index < -0.39 is 0 Å². The highest BCUT2D eigenvalue weighted by Crippen LogP contribution is 2.28. The molecular weight excluding hydrogens is 308 g/mol. The minimum Gasteiger partial charge on any atom is -0.497 e. The average Bonchev–Trinajstić information content (AvgIpc) is 3.07. The van der Waals surface area contributed by atoms with E-state index >= 15 is 0 Å². The van der Waals surface area contributed by atoms with Crippen LogP contribution in [0.2, 0.25) is 0 Å². The van der Waals surface area contributed by atoms with Crippen molar-refractivity contribution in [2.45, 2.75) is 0 Å². The van der Waals surface area contributed by atoms with E-state index in [0.717, 1.165) is 11.3 Å². The number of aromatic nitrogens is 1. The lowest BCUT2D eigenvalue weighted by molar-refractivity contribution is -0.115. The monoisotopic (exact) mass is 318 g/mol. The van der Waals surface area contributed by atoms with Gasteiger partial charge in [0.25, 0.3) is 5.91 Å². The number of nitrogens with zero attached hydrogens (tertiary/aromatic N) is 1. The Morgan fingerprint density at radius 1 is 1.38 bits per heavy atom. The lowest BCUT2D eigenvalue weighted by Crippen LogP contribution is -2.17. The lowest BCUT2D eigenvalue weighted by Gasteiger charge is -1.99. The highest BCUT2D eigenvalue weighted by molar-refractivity contribution is 8.26. The number of carbonyl (C=O) groups excluding carboxylic acids is 1. The van der Waals surface area contributed by atoms with Gasteiger partial charge in [-0.2, -0.15) is 0 Å². The number of methoxy groups -OCH3 is 1. The Morgan fingerprint density at radius 3 is 2.76 bits per heavy atom. The zero-order valence-corrected chi connectivity index (χ0v) is 12.6. The number of hydrogen-bond acceptors (Lipinski definition) is 6. The smallest absolute Gasteiger partial charge is 0.263 e. The highest BCUT2D eigenvalue weighted by atomic mass is 32.2. The molecule has 1 aliphatic heterocycles. The Kier molecular flexibility index (Phi) is 3.76. The van der Waals surface area contributed by atoms with Crippen molar-refractivity contribution in [3.05, 3.63) is 40.9 Å². The van der Waals surface area contributed by atoms with Gasteiger partial charge in [0.05, 0.1) is 12.0 Å². The molecule has 0 saturated carbocycles. The number of nitrogens with one attached hydrogen (secondary N) is 1. The van der Waals surface area contributed by atoms with Crippen molar-refractivity contribution in [1.82, 2.24) is 10.5 Å². The van der Waals surface area contributed by atoms with Gasteiger partial charge in [0.15, 0.2) is 5.76 Å². The Bertz CT molecular complexity index is 735. The second kappa shape index (κ2) is 5.71. The SMILES string of the molecule is COc1ccc(-c2cc(/C=C3\SC(=S)NC3=O)no2)cc1. The molecule has 1 fully saturated rings. The molecule has 5 nitrogen and oxygen atoms in total. The van der Waals surface area contributed by atoms with E-state index in [9.17, 15) is 4.79 Å². The lowest BCUT2D eigenvalue weighted by atomic mass is 10.1. The molecule has 0 aliphatic carbocycles. The number of thioether (sulfide) groups is 1. The van der Waals surface area contributed by atoms with Gasteiger partial charge >= 0.3 is 0 Å². The van der Waals surface area contributed by atoms with Crippen LogP contribution in [0.5, 0.6) is 5.75 Å². The third-order valence-electron chi connectivity index (χ3n) is 2.82. The van der Waals surface area contributed by atoms with E-state index in [1.54, 1.807) is 19.3 Å². The van der Waals surface area contributed by atoms with Gasteiger partial charge in [-0.1, -0.05) is 29.1 Å². The van der Waals surface area contributed by atoms with E-state index in [2.05, 4.69) is 10.5 Å². The molecule has 0 atom stereocenters. The number of ether oxygens (including phenoxy) is 1. The summed E-state index contributed by atoms with van der Waals surface area (Å²) in [6, 6.07) is 9.21. The predicted octanol–water partition coefficient (Wildman–Crippen LogP) is 2.84. The summed E-state index contributed by atoms with van der Waals surface area (Å²) < 4.78 is 10.8. The van der Waals surface area contributed by atoms with Crippen molar-refractivity contribution < 1.29 is 14.1 Å². The number of carbonyl (C=O) groups is 1. The molecule has 1 aliphatic rings. The molecule has 106 valence electrons. The highest BCUT2D eigenvalue weighted by Gasteiger charge is 2.22. The zero-order chi connectivity index (χ0) is 14.8. The minimum atomic E-state index is -0.209. The predicted molar refractivity (Wildman–Crippen MR) is 84.8 cm³/mol. The summed E-state index contributed by atoms with van der Waals surface area (Å²) in [5.41, 5.74) is 1.45. The van der Waals surface area contributed by atoms with E-state index in [-0.39, 0.29) is 5.91 Å². The van der Waals surface area contributed by atoms with Crippen LogP contribution < -0.4 is 10.1 Å². The van der Waals surface area contributed by atoms with Crippen LogP contribution in [-0.4, -0.2) is 22.5 Å². The first-order valence-electron chi connectivity index (χ1n) is 6.02. The topological polar surface area (TPSA) is 64.4 Å². The minimum absolute atomic E-state index is 0.209. The van der Waals surface area contributed by atoms with Crippen molar-refractivity contribution in [2.24, 2.45) is 0 Å². The second-order valence-corrected chi connectivity index (χ2v) is 5.92. The van der Waals surface area contributed by atoms with Gasteiger partial charge in [0, 0.05) is 11.6 Å². The maximum Gasteiger partial charge on any atom is 0.263 e. The molecule has 0 spiro atoms. The first kappa shape index (κ1) is 13.8. The first-order chi connectivity index (χ1) is 10.2. The third-order valence-corrected chi connectivity index (χ3v) is 3.99. The molecule has 21 heavy (non-hydrogen) atoms. The fraction of sp³-hybridized carbons (Fsp3) is 0.0714. The quantitative estimate of drug-likeness (QED) is 0.693. The van der Waals surface area contributed by atoms with E-state index in [4.69, 9.17) is 21.5 Å². The first-order valence-corrected chi connectivity index (χ1v) is 7.24. The zero-order valence-electron chi connectivity index (χ0n) is 11.0. The summed E-state index contributed by atoms with van der Waals surface area (Å²) in [4.78, 5) is 12.1. The van der Waals surface area contributed by atoms with Crippen LogP contribution in [0.1, 0.15) is 5.69 Å². The van der Waals surface area contributed by atoms with Gasteiger partial charge in [-0.05, 0) is 30.3 Å². The van der Waals surface area contributed by atoms with Crippen LogP contribution in [0.25, 0.3) is 17.4 Å². The fourth-order valence-corrected chi connectivity index (χ4v) is 2.83. The van der Waals surface area contributed by atoms with Crippen molar-refractivity contribution in [2.75, 3.05) is 7.11 Å². The van der Waals surface area contributed by atoms with Crippen LogP contribution in [0.4, 0.5) is 0 Å². The third kappa shape index (κ3) is 2.98. The number of hydrogen-bond donors (Lipinski definition) is 1. The summed E-state index contributed by atoms with van der Waals surface area (Å²) >= 11 is 6.14. The molecule has 1 N–H and O–H groups in total. The number of amides is 1. The Balaban J connectivity index is 1.84. The summed E-state index contributed by atoms with van der Waals surface area (Å²) in [5.74, 6) is 1.18.